The van der Waals surface area contributed by atoms with Gasteiger partial charge in [-0.25, -0.2) is 0 Å². The van der Waals surface area contributed by atoms with Crippen LogP contribution in [0.2, 0.25) is 0 Å². The predicted octanol–water partition coefficient (Wildman–Crippen LogP) is 1.87. The van der Waals surface area contributed by atoms with Crippen LogP contribution in [0.5, 0.6) is 5.75 Å². The van der Waals surface area contributed by atoms with E-state index in [4.69, 9.17) is 4.74 Å². The molecule has 0 spiro atoms. The van der Waals surface area contributed by atoms with Crippen molar-refractivity contribution in [1.29, 1.82) is 0 Å². The Balaban J connectivity index is 1.14. The first-order chi connectivity index (χ1) is 13.7. The van der Waals surface area contributed by atoms with Gasteiger partial charge in [0.1, 0.15) is 5.75 Å². The number of piperazine rings is 1. The normalized spacial score (nSPS) is 28.4. The number of imide groups is 1. The summed E-state index contributed by atoms with van der Waals surface area (Å²) in [5, 5.41) is 0. The second-order valence-corrected chi connectivity index (χ2v) is 8.68. The molecule has 6 heteroatoms. The minimum Gasteiger partial charge on any atom is -0.493 e. The first-order valence-corrected chi connectivity index (χ1v) is 10.7. The minimum atomic E-state index is -0.0358. The smallest absolute Gasteiger partial charge is 0.234 e. The number of carbonyl (C=O) groups is 2. The van der Waals surface area contributed by atoms with Crippen LogP contribution in [-0.4, -0.2) is 66.0 Å². The van der Waals surface area contributed by atoms with Gasteiger partial charge in [0.15, 0.2) is 0 Å². The average Bonchev–Trinajstić information content (AvgIpc) is 3.28. The molecule has 28 heavy (non-hydrogen) atoms. The third-order valence-electron chi connectivity index (χ3n) is 6.90. The van der Waals surface area contributed by atoms with E-state index in [1.807, 2.05) is 0 Å². The number of nitrogens with zero attached hydrogens (tertiary/aromatic N) is 3. The van der Waals surface area contributed by atoms with Crippen molar-refractivity contribution in [2.75, 3.05) is 39.5 Å². The van der Waals surface area contributed by atoms with Gasteiger partial charge in [-0.3, -0.25) is 24.3 Å². The third kappa shape index (κ3) is 3.33. The first kappa shape index (κ1) is 18.1. The van der Waals surface area contributed by atoms with Crippen molar-refractivity contribution in [1.82, 2.24) is 14.7 Å². The van der Waals surface area contributed by atoms with Gasteiger partial charge < -0.3 is 4.74 Å². The van der Waals surface area contributed by atoms with E-state index in [1.165, 1.54) is 11.1 Å². The summed E-state index contributed by atoms with van der Waals surface area (Å²) < 4.78 is 5.59. The highest BCUT2D eigenvalue weighted by Gasteiger charge is 2.48. The molecule has 2 unspecified atom stereocenters. The van der Waals surface area contributed by atoms with E-state index in [0.29, 0.717) is 6.67 Å². The predicted molar refractivity (Wildman–Crippen MR) is 105 cm³/mol. The summed E-state index contributed by atoms with van der Waals surface area (Å²) in [6.45, 7) is 5.98. The number of ether oxygens (including phenoxy) is 1. The fraction of sp³-hybridized carbons (Fsp3) is 0.636. The fourth-order valence-electron chi connectivity index (χ4n) is 5.26. The summed E-state index contributed by atoms with van der Waals surface area (Å²) in [4.78, 5) is 31.6. The standard InChI is InChI=1S/C22H29N3O3/c26-21-18-3-1-2-4-19(18)22(27)25(21)15-24-10-8-23(9-11-24)14-16-5-6-20-17(13-16)7-12-28-20/h5-6,13,18-19H,1-4,7-12,14-15H2. The maximum atomic E-state index is 12.7. The molecule has 3 fully saturated rings. The molecule has 1 aliphatic carbocycles. The van der Waals surface area contributed by atoms with E-state index in [2.05, 4.69) is 28.0 Å². The lowest BCUT2D eigenvalue weighted by Gasteiger charge is -2.36. The monoisotopic (exact) mass is 383 g/mol. The van der Waals surface area contributed by atoms with E-state index in [-0.39, 0.29) is 23.7 Å². The van der Waals surface area contributed by atoms with Crippen molar-refractivity contribution in [2.45, 2.75) is 38.6 Å². The van der Waals surface area contributed by atoms with Crippen molar-refractivity contribution >= 4 is 11.8 Å². The number of likely N-dealkylation sites (tertiary alicyclic amines) is 1. The molecule has 4 aliphatic rings. The molecule has 0 bridgehead atoms. The van der Waals surface area contributed by atoms with E-state index in [0.717, 1.165) is 77.2 Å². The zero-order chi connectivity index (χ0) is 19.1. The van der Waals surface area contributed by atoms with Crippen LogP contribution in [0, 0.1) is 11.8 Å². The number of hydrogen-bond acceptors (Lipinski definition) is 5. The zero-order valence-corrected chi connectivity index (χ0v) is 16.4. The Labute approximate surface area is 166 Å². The molecule has 2 saturated heterocycles. The van der Waals surface area contributed by atoms with Crippen LogP contribution in [0.4, 0.5) is 0 Å². The molecule has 1 aromatic carbocycles. The molecule has 5 rings (SSSR count). The van der Waals surface area contributed by atoms with Crippen molar-refractivity contribution < 1.29 is 14.3 Å². The van der Waals surface area contributed by atoms with Crippen LogP contribution in [0.1, 0.15) is 36.8 Å². The van der Waals surface area contributed by atoms with Crippen LogP contribution in [0.25, 0.3) is 0 Å². The van der Waals surface area contributed by atoms with Gasteiger partial charge in [0.2, 0.25) is 11.8 Å². The Bertz CT molecular complexity index is 748. The van der Waals surface area contributed by atoms with E-state index < -0.39 is 0 Å². The lowest BCUT2D eigenvalue weighted by molar-refractivity contribution is -0.142. The highest BCUT2D eigenvalue weighted by Crippen LogP contribution is 2.38. The second kappa shape index (κ2) is 7.48. The Morgan fingerprint density at radius 2 is 1.61 bits per heavy atom. The van der Waals surface area contributed by atoms with Crippen LogP contribution in [0.3, 0.4) is 0 Å². The summed E-state index contributed by atoms with van der Waals surface area (Å²) in [6.07, 6.45) is 4.97. The van der Waals surface area contributed by atoms with Crippen LogP contribution < -0.4 is 4.74 Å². The van der Waals surface area contributed by atoms with Crippen LogP contribution in [0.15, 0.2) is 18.2 Å². The maximum absolute atomic E-state index is 12.7. The topological polar surface area (TPSA) is 53.1 Å². The third-order valence-corrected chi connectivity index (χ3v) is 6.90. The number of carbonyl (C=O) groups excluding carboxylic acids is 2. The lowest BCUT2D eigenvalue weighted by Crippen LogP contribution is -2.51. The molecule has 0 N–H and O–H groups in total. The Morgan fingerprint density at radius 3 is 2.32 bits per heavy atom. The molecular formula is C22H29N3O3. The number of hydrogen-bond donors (Lipinski definition) is 0. The van der Waals surface area contributed by atoms with Crippen molar-refractivity contribution in [3.8, 4) is 5.75 Å². The van der Waals surface area contributed by atoms with Crippen LogP contribution >= 0.6 is 0 Å². The molecule has 150 valence electrons. The average molecular weight is 383 g/mol. The van der Waals surface area contributed by atoms with Gasteiger partial charge in [-0.2, -0.15) is 0 Å². The lowest BCUT2D eigenvalue weighted by atomic mass is 9.81. The summed E-state index contributed by atoms with van der Waals surface area (Å²) in [5.41, 5.74) is 2.66. The van der Waals surface area contributed by atoms with Crippen molar-refractivity contribution in [3.63, 3.8) is 0 Å². The van der Waals surface area contributed by atoms with Gasteiger partial charge in [-0.05, 0) is 30.0 Å². The summed E-state index contributed by atoms with van der Waals surface area (Å²) in [6, 6.07) is 6.54. The molecule has 0 aromatic heterocycles. The molecule has 6 nitrogen and oxygen atoms in total. The van der Waals surface area contributed by atoms with Crippen molar-refractivity contribution in [2.24, 2.45) is 11.8 Å². The summed E-state index contributed by atoms with van der Waals surface area (Å²) in [7, 11) is 0. The number of benzene rings is 1. The van der Waals surface area contributed by atoms with E-state index >= 15 is 0 Å². The number of fused-ring (bicyclic) bond motifs is 2. The van der Waals surface area contributed by atoms with E-state index in [1.54, 1.807) is 4.90 Å². The largest absolute Gasteiger partial charge is 0.493 e. The Hall–Kier alpha value is -1.92. The fourth-order valence-corrected chi connectivity index (χ4v) is 5.26. The molecule has 2 atom stereocenters. The Morgan fingerprint density at radius 1 is 0.929 bits per heavy atom. The highest BCUT2D eigenvalue weighted by molar-refractivity contribution is 6.05. The summed E-state index contributed by atoms with van der Waals surface area (Å²) >= 11 is 0. The minimum absolute atomic E-state index is 0.0358. The molecule has 3 heterocycles. The molecule has 1 aromatic rings. The molecule has 3 aliphatic heterocycles. The Kier molecular flexibility index (Phi) is 4.85. The van der Waals surface area contributed by atoms with Gasteiger partial charge in [-0.1, -0.05) is 25.0 Å². The van der Waals surface area contributed by atoms with Gasteiger partial charge in [-0.15, -0.1) is 0 Å². The van der Waals surface area contributed by atoms with Crippen molar-refractivity contribution in [3.05, 3.63) is 29.3 Å². The summed E-state index contributed by atoms with van der Waals surface area (Å²) in [5.74, 6) is 1.13. The van der Waals surface area contributed by atoms with Gasteiger partial charge in [0.05, 0.1) is 25.1 Å². The van der Waals surface area contributed by atoms with Gasteiger partial charge >= 0.3 is 0 Å². The number of rotatable bonds is 4. The van der Waals surface area contributed by atoms with Gasteiger partial charge in [0.25, 0.3) is 0 Å². The SMILES string of the molecule is O=C1C2CCCCC2C(=O)N1CN1CCN(Cc2ccc3c(c2)CCO3)CC1. The molecule has 1 saturated carbocycles. The molecular weight excluding hydrogens is 354 g/mol. The first-order valence-electron chi connectivity index (χ1n) is 10.7. The van der Waals surface area contributed by atoms with Crippen LogP contribution in [-0.2, 0) is 22.6 Å². The zero-order valence-electron chi connectivity index (χ0n) is 16.4. The second-order valence-electron chi connectivity index (χ2n) is 8.68. The molecule has 2 amide bonds. The van der Waals surface area contributed by atoms with Gasteiger partial charge in [0, 0.05) is 39.1 Å². The quantitative estimate of drug-likeness (QED) is 0.743. The van der Waals surface area contributed by atoms with E-state index in [9.17, 15) is 9.59 Å². The highest BCUT2D eigenvalue weighted by atomic mass is 16.5. The maximum Gasteiger partial charge on any atom is 0.234 e. The molecule has 0 radical (unpaired) electrons. The number of amides is 2.